The number of ether oxygens (including phenoxy) is 2. The number of amides is 2. The van der Waals surface area contributed by atoms with Crippen LogP contribution in [0.15, 0.2) is 59.5 Å². The second-order valence-electron chi connectivity index (χ2n) is 6.21. The number of hydrogen-bond donors (Lipinski definition) is 2. The molecular weight excluding hydrogens is 368 g/mol. The number of carbonyl (C=O) groups excluding carboxylic acids is 1. The molecule has 2 unspecified atom stereocenters. The van der Waals surface area contributed by atoms with Gasteiger partial charge in [-0.2, -0.15) is 0 Å². The molecule has 1 heterocycles. The van der Waals surface area contributed by atoms with Gasteiger partial charge in [-0.05, 0) is 18.6 Å². The predicted octanol–water partition coefficient (Wildman–Crippen LogP) is 2.15. The van der Waals surface area contributed by atoms with Gasteiger partial charge in [0.2, 0.25) is 0 Å². The van der Waals surface area contributed by atoms with E-state index in [1.165, 1.54) is 6.07 Å². The van der Waals surface area contributed by atoms with Crippen molar-refractivity contribution in [1.82, 2.24) is 10.0 Å². The van der Waals surface area contributed by atoms with Crippen molar-refractivity contribution in [2.24, 2.45) is 0 Å². The third-order valence-electron chi connectivity index (χ3n) is 4.25. The SMILES string of the molecule is CC(NC(=O)NS(=O)(=O)c1ccccc1-c1ccccc1)C1COCCO1. The van der Waals surface area contributed by atoms with Crippen LogP contribution in [-0.4, -0.2) is 46.4 Å². The van der Waals surface area contributed by atoms with Crippen LogP contribution in [0.2, 0.25) is 0 Å². The van der Waals surface area contributed by atoms with E-state index in [-0.39, 0.29) is 11.0 Å². The Morgan fingerprint density at radius 1 is 1.07 bits per heavy atom. The van der Waals surface area contributed by atoms with Crippen LogP contribution in [0.5, 0.6) is 0 Å². The molecule has 1 aliphatic rings. The molecule has 1 saturated heterocycles. The van der Waals surface area contributed by atoms with Crippen LogP contribution in [0.3, 0.4) is 0 Å². The van der Waals surface area contributed by atoms with E-state index in [0.29, 0.717) is 25.4 Å². The molecule has 1 aliphatic heterocycles. The summed E-state index contributed by atoms with van der Waals surface area (Å²) in [5.74, 6) is 0. The second kappa shape index (κ2) is 8.51. The Morgan fingerprint density at radius 2 is 1.78 bits per heavy atom. The van der Waals surface area contributed by atoms with Gasteiger partial charge in [0.05, 0.1) is 30.8 Å². The van der Waals surface area contributed by atoms with Gasteiger partial charge in [0, 0.05) is 5.56 Å². The Labute approximate surface area is 158 Å². The summed E-state index contributed by atoms with van der Waals surface area (Å²) in [5, 5.41) is 2.60. The molecule has 2 amide bonds. The van der Waals surface area contributed by atoms with Gasteiger partial charge < -0.3 is 14.8 Å². The zero-order valence-corrected chi connectivity index (χ0v) is 15.7. The summed E-state index contributed by atoms with van der Waals surface area (Å²) in [7, 11) is -4.05. The zero-order valence-electron chi connectivity index (χ0n) is 14.9. The van der Waals surface area contributed by atoms with Crippen molar-refractivity contribution in [3.63, 3.8) is 0 Å². The topological polar surface area (TPSA) is 93.7 Å². The van der Waals surface area contributed by atoms with E-state index in [1.54, 1.807) is 25.1 Å². The molecule has 2 N–H and O–H groups in total. The fourth-order valence-electron chi connectivity index (χ4n) is 2.86. The Hall–Kier alpha value is -2.42. The molecule has 27 heavy (non-hydrogen) atoms. The first-order chi connectivity index (χ1) is 13.0. The number of rotatable bonds is 5. The molecule has 8 heteroatoms. The zero-order chi connectivity index (χ0) is 19.3. The molecule has 0 saturated carbocycles. The third-order valence-corrected chi connectivity index (χ3v) is 5.64. The Bertz CT molecular complexity index is 880. The lowest BCUT2D eigenvalue weighted by atomic mass is 10.1. The van der Waals surface area contributed by atoms with E-state index in [0.717, 1.165) is 5.56 Å². The molecule has 0 bridgehead atoms. The van der Waals surface area contributed by atoms with E-state index >= 15 is 0 Å². The fourth-order valence-corrected chi connectivity index (χ4v) is 4.00. The first kappa shape index (κ1) is 19.3. The summed E-state index contributed by atoms with van der Waals surface area (Å²) in [4.78, 5) is 12.3. The van der Waals surface area contributed by atoms with Gasteiger partial charge in [-0.1, -0.05) is 48.5 Å². The van der Waals surface area contributed by atoms with Gasteiger partial charge in [0.15, 0.2) is 0 Å². The maximum absolute atomic E-state index is 12.8. The van der Waals surface area contributed by atoms with E-state index in [1.807, 2.05) is 30.3 Å². The summed E-state index contributed by atoms with van der Waals surface area (Å²) >= 11 is 0. The number of carbonyl (C=O) groups is 1. The smallest absolute Gasteiger partial charge is 0.328 e. The second-order valence-corrected chi connectivity index (χ2v) is 7.86. The molecule has 0 aliphatic carbocycles. The highest BCUT2D eigenvalue weighted by Crippen LogP contribution is 2.26. The van der Waals surface area contributed by atoms with Crippen LogP contribution in [0, 0.1) is 0 Å². The highest BCUT2D eigenvalue weighted by Gasteiger charge is 2.26. The minimum Gasteiger partial charge on any atom is -0.376 e. The summed E-state index contributed by atoms with van der Waals surface area (Å²) in [6, 6.07) is 14.5. The molecule has 0 spiro atoms. The first-order valence-corrected chi connectivity index (χ1v) is 10.1. The van der Waals surface area contributed by atoms with Crippen LogP contribution >= 0.6 is 0 Å². The monoisotopic (exact) mass is 390 g/mol. The van der Waals surface area contributed by atoms with E-state index in [4.69, 9.17) is 9.47 Å². The third kappa shape index (κ3) is 4.85. The van der Waals surface area contributed by atoms with Gasteiger partial charge in [0.25, 0.3) is 10.0 Å². The minimum atomic E-state index is -4.05. The predicted molar refractivity (Wildman–Crippen MR) is 101 cm³/mol. The first-order valence-electron chi connectivity index (χ1n) is 8.64. The number of nitrogens with one attached hydrogen (secondary N) is 2. The largest absolute Gasteiger partial charge is 0.376 e. The highest BCUT2D eigenvalue weighted by molar-refractivity contribution is 7.90. The van der Waals surface area contributed by atoms with Crippen LogP contribution in [0.1, 0.15) is 6.92 Å². The minimum absolute atomic E-state index is 0.0382. The van der Waals surface area contributed by atoms with Gasteiger partial charge >= 0.3 is 6.03 Å². The molecule has 3 rings (SSSR count). The van der Waals surface area contributed by atoms with Gasteiger partial charge in [-0.3, -0.25) is 0 Å². The number of sulfonamides is 1. The number of hydrogen-bond acceptors (Lipinski definition) is 5. The lowest BCUT2D eigenvalue weighted by molar-refractivity contribution is -0.0975. The molecule has 144 valence electrons. The molecule has 2 atom stereocenters. The van der Waals surface area contributed by atoms with Crippen LogP contribution in [0.4, 0.5) is 4.79 Å². The molecule has 7 nitrogen and oxygen atoms in total. The van der Waals surface area contributed by atoms with Crippen molar-refractivity contribution in [1.29, 1.82) is 0 Å². The van der Waals surface area contributed by atoms with Crippen molar-refractivity contribution in [2.75, 3.05) is 19.8 Å². The van der Waals surface area contributed by atoms with Crippen LogP contribution in [-0.2, 0) is 19.5 Å². The van der Waals surface area contributed by atoms with Crippen molar-refractivity contribution in [2.45, 2.75) is 24.0 Å². The van der Waals surface area contributed by atoms with Crippen LogP contribution in [0.25, 0.3) is 11.1 Å². The maximum Gasteiger partial charge on any atom is 0.328 e. The van der Waals surface area contributed by atoms with Crippen LogP contribution < -0.4 is 10.0 Å². The normalized spacial score (nSPS) is 18.5. The highest BCUT2D eigenvalue weighted by atomic mass is 32.2. The van der Waals surface area contributed by atoms with E-state index in [9.17, 15) is 13.2 Å². The fraction of sp³-hybridized carbons (Fsp3) is 0.316. The van der Waals surface area contributed by atoms with Crippen molar-refractivity contribution in [3.8, 4) is 11.1 Å². The maximum atomic E-state index is 12.8. The molecular formula is C19H22N2O5S. The number of benzene rings is 2. The van der Waals surface area contributed by atoms with E-state index < -0.39 is 22.1 Å². The summed E-state index contributed by atoms with van der Waals surface area (Å²) in [5.41, 5.74) is 1.27. The Morgan fingerprint density at radius 3 is 2.48 bits per heavy atom. The standard InChI is InChI=1S/C19H22N2O5S/c1-14(17-13-25-11-12-26-17)20-19(22)21-27(23,24)18-10-6-5-9-16(18)15-7-3-2-4-8-15/h2-10,14,17H,11-13H2,1H3,(H2,20,21,22). The molecule has 2 aromatic rings. The van der Waals surface area contributed by atoms with Gasteiger partial charge in [-0.25, -0.2) is 17.9 Å². The van der Waals surface area contributed by atoms with Crippen molar-refractivity contribution >= 4 is 16.1 Å². The molecule has 2 aromatic carbocycles. The molecule has 0 radical (unpaired) electrons. The number of urea groups is 1. The molecule has 1 fully saturated rings. The average molecular weight is 390 g/mol. The summed E-state index contributed by atoms with van der Waals surface area (Å²) in [6.45, 7) is 3.05. The average Bonchev–Trinajstić information content (AvgIpc) is 2.69. The van der Waals surface area contributed by atoms with Crippen molar-refractivity contribution < 1.29 is 22.7 Å². The lowest BCUT2D eigenvalue weighted by Gasteiger charge is -2.28. The Balaban J connectivity index is 1.74. The quantitative estimate of drug-likeness (QED) is 0.816. The van der Waals surface area contributed by atoms with Gasteiger partial charge in [-0.15, -0.1) is 0 Å². The lowest BCUT2D eigenvalue weighted by Crippen LogP contribution is -2.51. The summed E-state index contributed by atoms with van der Waals surface area (Å²) in [6.07, 6.45) is -0.316. The van der Waals surface area contributed by atoms with E-state index in [2.05, 4.69) is 10.0 Å². The van der Waals surface area contributed by atoms with Gasteiger partial charge in [0.1, 0.15) is 6.10 Å². The molecule has 0 aromatic heterocycles. The summed E-state index contributed by atoms with van der Waals surface area (Å²) < 4.78 is 38.4. The Kier molecular flexibility index (Phi) is 6.10. The van der Waals surface area contributed by atoms with Crippen molar-refractivity contribution in [3.05, 3.63) is 54.6 Å².